The van der Waals surface area contributed by atoms with Crippen LogP contribution < -0.4 is 0 Å². The molecule has 2 aromatic carbocycles. The minimum Gasteiger partial charge on any atom is -0.504 e. The number of phenols is 2. The molecule has 0 radical (unpaired) electrons. The van der Waals surface area contributed by atoms with Gasteiger partial charge in [-0.25, -0.2) is 0 Å². The van der Waals surface area contributed by atoms with Gasteiger partial charge in [0.15, 0.2) is 11.5 Å². The number of aryl methyl sites for hydroxylation is 1. The quantitative estimate of drug-likeness (QED) is 0.226. The van der Waals surface area contributed by atoms with Gasteiger partial charge in [0.1, 0.15) is 0 Å². The van der Waals surface area contributed by atoms with Gasteiger partial charge in [-0.3, -0.25) is 4.79 Å². The molecule has 5 nitrogen and oxygen atoms in total. The predicted octanol–water partition coefficient (Wildman–Crippen LogP) is 9.10. The summed E-state index contributed by atoms with van der Waals surface area (Å²) in [6.45, 7) is 16.0. The Kier molecular flexibility index (Phi) is 5.91. The summed E-state index contributed by atoms with van der Waals surface area (Å²) in [5.41, 5.74) is 6.13. The molecule has 1 aromatic heterocycles. The van der Waals surface area contributed by atoms with Gasteiger partial charge in [0.25, 0.3) is 0 Å². The topological polar surface area (TPSA) is 93.6 Å². The lowest BCUT2D eigenvalue weighted by Gasteiger charge is -2.72. The molecule has 4 aliphatic rings. The average molecular weight is 584 g/mol. The Morgan fingerprint density at radius 2 is 1.56 bits per heavy atom. The summed E-state index contributed by atoms with van der Waals surface area (Å²) in [4.78, 5) is 16.1. The third-order valence-electron chi connectivity index (χ3n) is 14.5. The second-order valence-electron chi connectivity index (χ2n) is 16.5. The molecule has 3 aromatic rings. The largest absolute Gasteiger partial charge is 0.504 e. The van der Waals surface area contributed by atoms with Crippen LogP contribution in [0.5, 0.6) is 11.5 Å². The van der Waals surface area contributed by atoms with Crippen molar-refractivity contribution in [3.05, 3.63) is 58.3 Å². The summed E-state index contributed by atoms with van der Waals surface area (Å²) < 4.78 is 0. The summed E-state index contributed by atoms with van der Waals surface area (Å²) in [7, 11) is 0. The van der Waals surface area contributed by atoms with E-state index in [0.29, 0.717) is 11.8 Å². The fraction of sp³-hybridized carbons (Fsp3) is 0.605. The van der Waals surface area contributed by atoms with E-state index in [1.807, 2.05) is 19.9 Å². The first-order valence-electron chi connectivity index (χ1n) is 16.4. The summed E-state index contributed by atoms with van der Waals surface area (Å²) in [5, 5.41) is 33.6. The fourth-order valence-corrected chi connectivity index (χ4v) is 11.4. The van der Waals surface area contributed by atoms with Gasteiger partial charge in [0, 0.05) is 23.0 Å². The summed E-state index contributed by atoms with van der Waals surface area (Å²) in [6.07, 6.45) is 9.97. The molecule has 3 saturated carbocycles. The van der Waals surface area contributed by atoms with Crippen LogP contribution in [0.3, 0.4) is 0 Å². The molecule has 0 aliphatic heterocycles. The van der Waals surface area contributed by atoms with E-state index in [1.165, 1.54) is 27.6 Å². The number of H-pyrrole nitrogens is 1. The summed E-state index contributed by atoms with van der Waals surface area (Å²) >= 11 is 0. The number of carboxylic acid groups (broad SMARTS) is 1. The van der Waals surface area contributed by atoms with Crippen molar-refractivity contribution >= 4 is 16.9 Å². The fourth-order valence-electron chi connectivity index (χ4n) is 11.4. The molecule has 3 fully saturated rings. The molecule has 1 heterocycles. The van der Waals surface area contributed by atoms with Crippen molar-refractivity contribution in [1.29, 1.82) is 0 Å². The van der Waals surface area contributed by atoms with Crippen LogP contribution in [0.15, 0.2) is 30.5 Å². The smallest absolute Gasteiger partial charge is 0.309 e. The first-order chi connectivity index (χ1) is 20.1. The third-order valence-corrected chi connectivity index (χ3v) is 14.5. The van der Waals surface area contributed by atoms with E-state index in [0.717, 1.165) is 62.4 Å². The highest BCUT2D eigenvalue weighted by Gasteiger charge is 2.69. The number of hydrogen-bond acceptors (Lipinski definition) is 3. The first kappa shape index (κ1) is 28.8. The van der Waals surface area contributed by atoms with Crippen molar-refractivity contribution in [3.63, 3.8) is 0 Å². The third kappa shape index (κ3) is 3.60. The number of phenolic OH excluding ortho intramolecular Hbond substituents is 2. The Morgan fingerprint density at radius 1 is 0.884 bits per heavy atom. The minimum absolute atomic E-state index is 0.000305. The average Bonchev–Trinajstić information content (AvgIpc) is 3.37. The first-order valence-corrected chi connectivity index (χ1v) is 16.4. The van der Waals surface area contributed by atoms with Crippen LogP contribution in [0.25, 0.3) is 10.9 Å². The number of aliphatic carboxylic acids is 1. The van der Waals surface area contributed by atoms with Crippen LogP contribution in [0, 0.1) is 47.3 Å². The predicted molar refractivity (Wildman–Crippen MR) is 171 cm³/mol. The highest BCUT2D eigenvalue weighted by atomic mass is 16.4. The highest BCUT2D eigenvalue weighted by molar-refractivity contribution is 5.85. The van der Waals surface area contributed by atoms with Crippen LogP contribution in [-0.4, -0.2) is 26.3 Å². The second kappa shape index (κ2) is 8.82. The van der Waals surface area contributed by atoms with E-state index in [1.54, 1.807) is 0 Å². The number of aromatic amines is 1. The number of fused-ring (bicyclic) bond motifs is 8. The number of rotatable bonds is 2. The number of carboxylic acids is 1. The molecule has 4 aliphatic carbocycles. The van der Waals surface area contributed by atoms with Crippen LogP contribution in [0.1, 0.15) is 120 Å². The summed E-state index contributed by atoms with van der Waals surface area (Å²) in [5.74, 6) is 0.111. The molecule has 2 unspecified atom stereocenters. The van der Waals surface area contributed by atoms with E-state index < -0.39 is 11.4 Å². The second-order valence-corrected chi connectivity index (χ2v) is 16.5. The van der Waals surface area contributed by atoms with Crippen molar-refractivity contribution < 1.29 is 20.1 Å². The highest BCUT2D eigenvalue weighted by Crippen LogP contribution is 2.76. The molecular weight excluding hydrogens is 534 g/mol. The molecule has 0 spiro atoms. The molecule has 8 atom stereocenters. The van der Waals surface area contributed by atoms with E-state index in [2.05, 4.69) is 64.0 Å². The molecular formula is C38H49NO4. The van der Waals surface area contributed by atoms with E-state index >= 15 is 0 Å². The maximum atomic E-state index is 12.6. The maximum absolute atomic E-state index is 12.6. The molecule has 4 N–H and O–H groups in total. The van der Waals surface area contributed by atoms with Gasteiger partial charge < -0.3 is 20.3 Å². The number of nitrogens with one attached hydrogen (secondary N) is 1. The minimum atomic E-state index is -0.670. The van der Waals surface area contributed by atoms with E-state index in [4.69, 9.17) is 0 Å². The number of aromatic hydroxyl groups is 2. The van der Waals surface area contributed by atoms with Gasteiger partial charge >= 0.3 is 5.97 Å². The van der Waals surface area contributed by atoms with E-state index in [-0.39, 0.29) is 39.1 Å². The van der Waals surface area contributed by atoms with Crippen LogP contribution in [0.4, 0.5) is 0 Å². The van der Waals surface area contributed by atoms with Gasteiger partial charge in [0.2, 0.25) is 0 Å². The Labute approximate surface area is 256 Å². The molecule has 0 amide bonds. The SMILES string of the molecule is Cc1ccc2[nH]cc(C3CC4[C@@](C)(CC[C@@]5(C)[C@@H]6C[C@](C)(C(=O)O)CC[C@]6(C)CC[C@]45C)c4cc(O)c(O)c(C)c43)c2c1. The van der Waals surface area contributed by atoms with Gasteiger partial charge in [-0.15, -0.1) is 0 Å². The zero-order valence-electron chi connectivity index (χ0n) is 27.0. The molecule has 43 heavy (non-hydrogen) atoms. The zero-order valence-corrected chi connectivity index (χ0v) is 27.0. The number of benzene rings is 2. The Bertz CT molecular complexity index is 1670. The number of carbonyl (C=O) groups is 1. The van der Waals surface area contributed by atoms with Crippen molar-refractivity contribution in [1.82, 2.24) is 4.98 Å². The molecule has 5 heteroatoms. The van der Waals surface area contributed by atoms with Gasteiger partial charge in [-0.05, 0) is 146 Å². The molecule has 0 bridgehead atoms. The van der Waals surface area contributed by atoms with Gasteiger partial charge in [0.05, 0.1) is 5.41 Å². The van der Waals surface area contributed by atoms with Gasteiger partial charge in [-0.2, -0.15) is 0 Å². The lowest BCUT2D eigenvalue weighted by molar-refractivity contribution is -0.214. The van der Waals surface area contributed by atoms with Crippen molar-refractivity contribution in [2.75, 3.05) is 0 Å². The monoisotopic (exact) mass is 583 g/mol. The maximum Gasteiger partial charge on any atom is 0.309 e. The standard InChI is InChI=1S/C38H49NO4/c1-21-8-9-27-23(16-21)25(20-39-27)24-17-29-36(5,26-18-28(40)32(41)22(2)31(24)26)13-15-38(7)30-19-35(4,33(42)43)11-10-34(30,3)12-14-37(29,38)6/h8-9,16,18,20,24,29-30,39-41H,10-15,17,19H2,1-7H3,(H,42,43)/t24?,29?,30-,34-,35-,36+,37-,38+/m1/s1. The normalized spacial score (nSPS) is 40.3. The van der Waals surface area contributed by atoms with Crippen LogP contribution >= 0.6 is 0 Å². The summed E-state index contributed by atoms with van der Waals surface area (Å²) in [6, 6.07) is 8.47. The van der Waals surface area contributed by atoms with Gasteiger partial charge in [-0.1, -0.05) is 39.3 Å². The Hall–Kier alpha value is -2.95. The Morgan fingerprint density at radius 3 is 2.28 bits per heavy atom. The van der Waals surface area contributed by atoms with Crippen molar-refractivity contribution in [3.8, 4) is 11.5 Å². The Balaban J connectivity index is 1.42. The number of aromatic nitrogens is 1. The molecule has 0 saturated heterocycles. The lowest BCUT2D eigenvalue weighted by atomic mass is 9.32. The van der Waals surface area contributed by atoms with Crippen molar-refractivity contribution in [2.24, 2.45) is 33.5 Å². The lowest BCUT2D eigenvalue weighted by Crippen LogP contribution is -2.65. The molecule has 230 valence electrons. The molecule has 7 rings (SSSR count). The van der Waals surface area contributed by atoms with Crippen LogP contribution in [0.2, 0.25) is 0 Å². The van der Waals surface area contributed by atoms with Crippen LogP contribution in [-0.2, 0) is 10.2 Å². The van der Waals surface area contributed by atoms with Crippen molar-refractivity contribution in [2.45, 2.75) is 111 Å². The zero-order chi connectivity index (χ0) is 30.9. The van der Waals surface area contributed by atoms with E-state index in [9.17, 15) is 20.1 Å². The number of hydrogen-bond donors (Lipinski definition) is 4.